The Kier molecular flexibility index (Phi) is 14.7. The third kappa shape index (κ3) is 7.27. The predicted octanol–water partition coefficient (Wildman–Crippen LogP) is 4.59. The van der Waals surface area contributed by atoms with Crippen LogP contribution in [-0.4, -0.2) is 6.04 Å². The number of allylic oxidation sites excluding steroid dienone is 2. The summed E-state index contributed by atoms with van der Waals surface area (Å²) in [4.78, 5) is 0. The third-order valence-corrected chi connectivity index (χ3v) is 2.65. The molecule has 114 valence electrons. The van der Waals surface area contributed by atoms with E-state index >= 15 is 0 Å². The van der Waals surface area contributed by atoms with E-state index in [0.717, 1.165) is 11.1 Å². The first-order chi connectivity index (χ1) is 9.70. The molecule has 1 aromatic carbocycles. The molecule has 0 saturated heterocycles. The van der Waals surface area contributed by atoms with E-state index < -0.39 is 0 Å². The quantitative estimate of drug-likeness (QED) is 0.790. The Bertz CT molecular complexity index is 366. The lowest BCUT2D eigenvalue weighted by Crippen LogP contribution is -2.35. The Morgan fingerprint density at radius 3 is 1.85 bits per heavy atom. The van der Waals surface area contributed by atoms with Crippen molar-refractivity contribution in [1.82, 2.24) is 0 Å². The monoisotopic (exact) mass is 276 g/mol. The SMILES string of the molecule is C/C=C\C(=C/C)[C@H](N)C(N)c1ccccc1.CC.CC. The van der Waals surface area contributed by atoms with Gasteiger partial charge in [-0.15, -0.1) is 0 Å². The van der Waals surface area contributed by atoms with Gasteiger partial charge in [-0.25, -0.2) is 0 Å². The molecule has 0 aliphatic rings. The van der Waals surface area contributed by atoms with Crippen LogP contribution in [0.3, 0.4) is 0 Å². The molecule has 20 heavy (non-hydrogen) atoms. The molecule has 2 heteroatoms. The minimum Gasteiger partial charge on any atom is -0.322 e. The zero-order chi connectivity index (χ0) is 16.0. The lowest BCUT2D eigenvalue weighted by molar-refractivity contribution is 0.618. The largest absolute Gasteiger partial charge is 0.322 e. The van der Waals surface area contributed by atoms with Crippen molar-refractivity contribution in [2.45, 2.75) is 53.6 Å². The molecule has 0 aliphatic heterocycles. The van der Waals surface area contributed by atoms with Crippen molar-refractivity contribution in [3.63, 3.8) is 0 Å². The van der Waals surface area contributed by atoms with Crippen molar-refractivity contribution in [3.8, 4) is 0 Å². The van der Waals surface area contributed by atoms with Crippen LogP contribution in [-0.2, 0) is 0 Å². The van der Waals surface area contributed by atoms with Crippen LogP contribution in [0, 0.1) is 0 Å². The van der Waals surface area contributed by atoms with Crippen LogP contribution in [0.25, 0.3) is 0 Å². The summed E-state index contributed by atoms with van der Waals surface area (Å²) in [6, 6.07) is 9.62. The second kappa shape index (κ2) is 14.0. The molecule has 4 N–H and O–H groups in total. The summed E-state index contributed by atoms with van der Waals surface area (Å²) < 4.78 is 0. The van der Waals surface area contributed by atoms with E-state index in [9.17, 15) is 0 Å². The molecule has 1 rings (SSSR count). The van der Waals surface area contributed by atoms with Crippen molar-refractivity contribution in [3.05, 3.63) is 59.7 Å². The van der Waals surface area contributed by atoms with Crippen molar-refractivity contribution in [2.75, 3.05) is 0 Å². The first-order valence-electron chi connectivity index (χ1n) is 7.55. The second-order valence-corrected chi connectivity index (χ2v) is 3.75. The fraction of sp³-hybridized carbons (Fsp3) is 0.444. The highest BCUT2D eigenvalue weighted by atomic mass is 14.8. The lowest BCUT2D eigenvalue weighted by atomic mass is 9.94. The van der Waals surface area contributed by atoms with Gasteiger partial charge in [-0.05, 0) is 25.0 Å². The molecule has 1 unspecified atom stereocenters. The second-order valence-electron chi connectivity index (χ2n) is 3.75. The molecule has 0 aromatic heterocycles. The molecule has 0 radical (unpaired) electrons. The van der Waals surface area contributed by atoms with Crippen LogP contribution in [0.1, 0.15) is 53.1 Å². The number of benzene rings is 1. The van der Waals surface area contributed by atoms with Gasteiger partial charge in [0.15, 0.2) is 0 Å². The van der Waals surface area contributed by atoms with E-state index in [4.69, 9.17) is 11.5 Å². The maximum atomic E-state index is 6.15. The third-order valence-electron chi connectivity index (χ3n) is 2.65. The Morgan fingerprint density at radius 1 is 0.950 bits per heavy atom. The van der Waals surface area contributed by atoms with Crippen molar-refractivity contribution in [1.29, 1.82) is 0 Å². The summed E-state index contributed by atoms with van der Waals surface area (Å²) in [6.07, 6.45) is 5.99. The van der Waals surface area contributed by atoms with Crippen LogP contribution < -0.4 is 11.5 Å². The van der Waals surface area contributed by atoms with E-state index in [-0.39, 0.29) is 12.1 Å². The fourth-order valence-corrected chi connectivity index (χ4v) is 1.68. The number of hydrogen-bond donors (Lipinski definition) is 2. The number of rotatable bonds is 4. The minimum atomic E-state index is -0.163. The van der Waals surface area contributed by atoms with Crippen molar-refractivity contribution in [2.24, 2.45) is 11.5 Å². The van der Waals surface area contributed by atoms with Crippen LogP contribution in [0.5, 0.6) is 0 Å². The Balaban J connectivity index is 0. The summed E-state index contributed by atoms with van der Waals surface area (Å²) in [5.41, 5.74) is 14.4. The Hall–Kier alpha value is -1.38. The standard InChI is InChI=1S/C14H20N2.2C2H6/c1-3-8-11(4-2)13(15)14(16)12-9-6-5-7-10-12;2*1-2/h3-10,13-14H,15-16H2,1-2H3;2*1-2H3/b8-3-,11-4+;;/t13-,14?;;/m0../s1. The van der Waals surface area contributed by atoms with Gasteiger partial charge in [-0.2, -0.15) is 0 Å². The van der Waals surface area contributed by atoms with Crippen LogP contribution >= 0.6 is 0 Å². The fourth-order valence-electron chi connectivity index (χ4n) is 1.68. The Morgan fingerprint density at radius 2 is 1.45 bits per heavy atom. The van der Waals surface area contributed by atoms with E-state index in [1.165, 1.54) is 0 Å². The number of nitrogens with two attached hydrogens (primary N) is 2. The average molecular weight is 276 g/mol. The summed E-state index contributed by atoms with van der Waals surface area (Å²) in [6.45, 7) is 12.0. The number of hydrogen-bond acceptors (Lipinski definition) is 2. The van der Waals surface area contributed by atoms with E-state index in [2.05, 4.69) is 0 Å². The van der Waals surface area contributed by atoms with Crippen LogP contribution in [0.2, 0.25) is 0 Å². The molecule has 0 spiro atoms. The molecule has 0 fully saturated rings. The van der Waals surface area contributed by atoms with E-state index in [0.29, 0.717) is 0 Å². The van der Waals surface area contributed by atoms with Crippen molar-refractivity contribution >= 4 is 0 Å². The first-order valence-corrected chi connectivity index (χ1v) is 7.55. The van der Waals surface area contributed by atoms with Gasteiger partial charge in [-0.3, -0.25) is 0 Å². The van der Waals surface area contributed by atoms with Gasteiger partial charge >= 0.3 is 0 Å². The van der Waals surface area contributed by atoms with Gasteiger partial charge in [0.25, 0.3) is 0 Å². The van der Waals surface area contributed by atoms with Gasteiger partial charge in [-0.1, -0.05) is 76.3 Å². The molecule has 2 nitrogen and oxygen atoms in total. The summed E-state index contributed by atoms with van der Waals surface area (Å²) in [5.74, 6) is 0. The van der Waals surface area contributed by atoms with E-state index in [1.807, 2.05) is 90.1 Å². The zero-order valence-corrected chi connectivity index (χ0v) is 13.9. The molecule has 1 aromatic rings. The molecule has 0 bridgehead atoms. The Labute approximate surface area is 125 Å². The van der Waals surface area contributed by atoms with Gasteiger partial charge in [0.2, 0.25) is 0 Å². The topological polar surface area (TPSA) is 52.0 Å². The first kappa shape index (κ1) is 20.9. The molecule has 0 amide bonds. The normalized spacial score (nSPS) is 13.7. The molecule has 0 heterocycles. The highest BCUT2D eigenvalue weighted by molar-refractivity contribution is 5.30. The highest BCUT2D eigenvalue weighted by Gasteiger charge is 2.16. The zero-order valence-electron chi connectivity index (χ0n) is 13.9. The molecular weight excluding hydrogens is 244 g/mol. The lowest BCUT2D eigenvalue weighted by Gasteiger charge is -2.21. The van der Waals surface area contributed by atoms with Gasteiger partial charge in [0.05, 0.1) is 0 Å². The van der Waals surface area contributed by atoms with Crippen LogP contribution in [0.4, 0.5) is 0 Å². The maximum Gasteiger partial charge on any atom is 0.0491 e. The molecule has 2 atom stereocenters. The van der Waals surface area contributed by atoms with Crippen LogP contribution in [0.15, 0.2) is 54.1 Å². The van der Waals surface area contributed by atoms with Crippen molar-refractivity contribution < 1.29 is 0 Å². The average Bonchev–Trinajstić information content (AvgIpc) is 2.55. The van der Waals surface area contributed by atoms with Gasteiger partial charge < -0.3 is 11.5 Å². The smallest absolute Gasteiger partial charge is 0.0491 e. The summed E-state index contributed by atoms with van der Waals surface area (Å²) in [7, 11) is 0. The predicted molar refractivity (Wildman–Crippen MR) is 92.6 cm³/mol. The van der Waals surface area contributed by atoms with Gasteiger partial charge in [0.1, 0.15) is 0 Å². The summed E-state index contributed by atoms with van der Waals surface area (Å²) >= 11 is 0. The van der Waals surface area contributed by atoms with Gasteiger partial charge in [0, 0.05) is 12.1 Å². The highest BCUT2D eigenvalue weighted by Crippen LogP contribution is 2.18. The summed E-state index contributed by atoms with van der Waals surface area (Å²) in [5, 5.41) is 0. The minimum absolute atomic E-state index is 0.163. The molecular formula is C18H32N2. The maximum absolute atomic E-state index is 6.15. The molecule has 0 saturated carbocycles. The molecule has 0 aliphatic carbocycles. The van der Waals surface area contributed by atoms with E-state index in [1.54, 1.807) is 0 Å².